The Morgan fingerprint density at radius 3 is 2.64 bits per heavy atom. The van der Waals surface area contributed by atoms with Crippen LogP contribution in [0.4, 0.5) is 0 Å². The first-order valence-electron chi connectivity index (χ1n) is 3.66. The van der Waals surface area contributed by atoms with Crippen LogP contribution < -0.4 is 5.73 Å². The minimum absolute atomic E-state index is 0.0972. The van der Waals surface area contributed by atoms with Crippen LogP contribution in [0.2, 0.25) is 0 Å². The Hall–Kier alpha value is -0.610. The largest absolute Gasteiger partial charge is 0.465 e. The molecular formula is C7H15NO3. The molecule has 0 saturated carbocycles. The molecule has 0 aromatic rings. The van der Waals surface area contributed by atoms with Crippen LogP contribution in [0.15, 0.2) is 0 Å². The molecule has 0 aliphatic rings. The molecule has 4 heteroatoms. The molecular weight excluding hydrogens is 146 g/mol. The Kier molecular flexibility index (Phi) is 4.81. The van der Waals surface area contributed by atoms with E-state index in [0.717, 1.165) is 0 Å². The number of ether oxygens (including phenoxy) is 1. The third-order valence-electron chi connectivity index (χ3n) is 1.46. The van der Waals surface area contributed by atoms with E-state index in [9.17, 15) is 4.79 Å². The summed E-state index contributed by atoms with van der Waals surface area (Å²) in [6, 6.07) is -0.708. The van der Waals surface area contributed by atoms with Gasteiger partial charge in [0.25, 0.3) is 0 Å². The van der Waals surface area contributed by atoms with Crippen LogP contribution in [-0.2, 0) is 9.53 Å². The number of esters is 1. The van der Waals surface area contributed by atoms with Crippen molar-refractivity contribution in [2.24, 2.45) is 11.7 Å². The predicted octanol–water partition coefficient (Wildman–Crippen LogP) is -0.495. The van der Waals surface area contributed by atoms with Crippen molar-refractivity contribution in [2.75, 3.05) is 13.2 Å². The summed E-state index contributed by atoms with van der Waals surface area (Å²) in [6.45, 7) is 3.64. The van der Waals surface area contributed by atoms with Gasteiger partial charge in [0.05, 0.1) is 6.61 Å². The fraction of sp³-hybridized carbons (Fsp3) is 0.857. The van der Waals surface area contributed by atoms with Crippen LogP contribution in [0.3, 0.4) is 0 Å². The molecule has 2 unspecified atom stereocenters. The third kappa shape index (κ3) is 3.34. The second-order valence-corrected chi connectivity index (χ2v) is 2.44. The van der Waals surface area contributed by atoms with Gasteiger partial charge in [-0.3, -0.25) is 4.79 Å². The van der Waals surface area contributed by atoms with E-state index in [-0.39, 0.29) is 12.5 Å². The van der Waals surface area contributed by atoms with Gasteiger partial charge in [-0.15, -0.1) is 0 Å². The fourth-order valence-electron chi connectivity index (χ4n) is 0.584. The molecule has 0 aliphatic carbocycles. The monoisotopic (exact) mass is 161 g/mol. The average molecular weight is 161 g/mol. The van der Waals surface area contributed by atoms with E-state index in [1.54, 1.807) is 13.8 Å². The highest BCUT2D eigenvalue weighted by atomic mass is 16.5. The van der Waals surface area contributed by atoms with Crippen LogP contribution >= 0.6 is 0 Å². The quantitative estimate of drug-likeness (QED) is 0.545. The highest BCUT2D eigenvalue weighted by Crippen LogP contribution is 2.00. The zero-order valence-electron chi connectivity index (χ0n) is 6.91. The SMILES string of the molecule is CCOC(=O)C(N)C(C)CO. The van der Waals surface area contributed by atoms with Crippen molar-refractivity contribution in [3.05, 3.63) is 0 Å². The van der Waals surface area contributed by atoms with Gasteiger partial charge in [-0.25, -0.2) is 0 Å². The topological polar surface area (TPSA) is 72.5 Å². The average Bonchev–Trinajstić information content (AvgIpc) is 2.02. The molecule has 0 aromatic carbocycles. The number of hydrogen-bond donors (Lipinski definition) is 2. The maximum atomic E-state index is 10.9. The first kappa shape index (κ1) is 10.4. The lowest BCUT2D eigenvalue weighted by molar-refractivity contribution is -0.146. The summed E-state index contributed by atoms with van der Waals surface area (Å²) in [5.41, 5.74) is 5.42. The molecule has 0 heterocycles. The van der Waals surface area contributed by atoms with Crippen molar-refractivity contribution in [3.63, 3.8) is 0 Å². The highest BCUT2D eigenvalue weighted by Gasteiger charge is 2.20. The van der Waals surface area contributed by atoms with Gasteiger partial charge in [-0.2, -0.15) is 0 Å². The number of carbonyl (C=O) groups is 1. The third-order valence-corrected chi connectivity index (χ3v) is 1.46. The molecule has 4 nitrogen and oxygen atoms in total. The Bertz CT molecular complexity index is 127. The number of nitrogens with two attached hydrogens (primary N) is 1. The van der Waals surface area contributed by atoms with Gasteiger partial charge in [0.1, 0.15) is 6.04 Å². The Balaban J connectivity index is 3.80. The van der Waals surface area contributed by atoms with Crippen molar-refractivity contribution in [1.29, 1.82) is 0 Å². The molecule has 0 aliphatic heterocycles. The predicted molar refractivity (Wildman–Crippen MR) is 40.9 cm³/mol. The Morgan fingerprint density at radius 2 is 2.27 bits per heavy atom. The normalized spacial score (nSPS) is 15.6. The molecule has 0 spiro atoms. The maximum absolute atomic E-state index is 10.9. The summed E-state index contributed by atoms with van der Waals surface area (Å²) in [6.07, 6.45) is 0. The minimum Gasteiger partial charge on any atom is -0.465 e. The molecule has 0 aromatic heterocycles. The first-order chi connectivity index (χ1) is 5.13. The van der Waals surface area contributed by atoms with Crippen LogP contribution in [0.1, 0.15) is 13.8 Å². The van der Waals surface area contributed by atoms with Crippen molar-refractivity contribution in [2.45, 2.75) is 19.9 Å². The van der Waals surface area contributed by atoms with E-state index in [0.29, 0.717) is 6.61 Å². The van der Waals surface area contributed by atoms with Gasteiger partial charge in [0, 0.05) is 12.5 Å². The minimum atomic E-state index is -0.708. The molecule has 0 saturated heterocycles. The number of aliphatic hydroxyl groups is 1. The van der Waals surface area contributed by atoms with Crippen molar-refractivity contribution in [1.82, 2.24) is 0 Å². The van der Waals surface area contributed by atoms with Gasteiger partial charge in [0.15, 0.2) is 0 Å². The van der Waals surface area contributed by atoms with E-state index in [4.69, 9.17) is 10.8 Å². The molecule has 0 amide bonds. The number of carbonyl (C=O) groups excluding carboxylic acids is 1. The standard InChI is InChI=1S/C7H15NO3/c1-3-11-7(10)6(8)5(2)4-9/h5-6,9H,3-4,8H2,1-2H3. The number of aliphatic hydroxyl groups excluding tert-OH is 1. The second-order valence-electron chi connectivity index (χ2n) is 2.44. The maximum Gasteiger partial charge on any atom is 0.323 e. The number of hydrogen-bond acceptors (Lipinski definition) is 4. The Morgan fingerprint density at radius 1 is 1.73 bits per heavy atom. The van der Waals surface area contributed by atoms with Gasteiger partial charge in [0.2, 0.25) is 0 Å². The highest BCUT2D eigenvalue weighted by molar-refractivity contribution is 5.75. The van der Waals surface area contributed by atoms with E-state index in [1.165, 1.54) is 0 Å². The van der Waals surface area contributed by atoms with E-state index in [1.807, 2.05) is 0 Å². The molecule has 0 fully saturated rings. The summed E-state index contributed by atoms with van der Waals surface area (Å²) >= 11 is 0. The zero-order chi connectivity index (χ0) is 8.85. The molecule has 66 valence electrons. The molecule has 3 N–H and O–H groups in total. The van der Waals surface area contributed by atoms with Gasteiger partial charge in [-0.05, 0) is 6.92 Å². The molecule has 0 bridgehead atoms. The second kappa shape index (κ2) is 5.09. The lowest BCUT2D eigenvalue weighted by Gasteiger charge is -2.15. The molecule has 2 atom stereocenters. The van der Waals surface area contributed by atoms with Crippen molar-refractivity contribution in [3.8, 4) is 0 Å². The fourth-order valence-corrected chi connectivity index (χ4v) is 0.584. The molecule has 11 heavy (non-hydrogen) atoms. The van der Waals surface area contributed by atoms with E-state index < -0.39 is 12.0 Å². The lowest BCUT2D eigenvalue weighted by Crippen LogP contribution is -2.39. The first-order valence-corrected chi connectivity index (χ1v) is 3.66. The smallest absolute Gasteiger partial charge is 0.323 e. The van der Waals surface area contributed by atoms with Crippen LogP contribution in [0, 0.1) is 5.92 Å². The van der Waals surface area contributed by atoms with Crippen LogP contribution in [-0.4, -0.2) is 30.3 Å². The van der Waals surface area contributed by atoms with E-state index >= 15 is 0 Å². The molecule has 0 rings (SSSR count). The Labute approximate surface area is 66.3 Å². The summed E-state index contributed by atoms with van der Waals surface area (Å²) < 4.78 is 4.65. The van der Waals surface area contributed by atoms with E-state index in [2.05, 4.69) is 4.74 Å². The lowest BCUT2D eigenvalue weighted by atomic mass is 10.0. The zero-order valence-corrected chi connectivity index (χ0v) is 6.91. The summed E-state index contributed by atoms with van der Waals surface area (Å²) in [5, 5.41) is 8.63. The van der Waals surface area contributed by atoms with Gasteiger partial charge >= 0.3 is 5.97 Å². The van der Waals surface area contributed by atoms with Crippen molar-refractivity contribution >= 4 is 5.97 Å². The van der Waals surface area contributed by atoms with Gasteiger partial charge < -0.3 is 15.6 Å². The van der Waals surface area contributed by atoms with Gasteiger partial charge in [-0.1, -0.05) is 6.92 Å². The summed E-state index contributed by atoms with van der Waals surface area (Å²) in [4.78, 5) is 10.9. The summed E-state index contributed by atoms with van der Waals surface area (Å²) in [5.74, 6) is -0.692. The number of rotatable bonds is 4. The molecule has 0 radical (unpaired) electrons. The summed E-state index contributed by atoms with van der Waals surface area (Å²) in [7, 11) is 0. The van der Waals surface area contributed by atoms with Crippen LogP contribution in [0.5, 0.6) is 0 Å². The van der Waals surface area contributed by atoms with Crippen molar-refractivity contribution < 1.29 is 14.6 Å². The van der Waals surface area contributed by atoms with Crippen LogP contribution in [0.25, 0.3) is 0 Å².